The van der Waals surface area contributed by atoms with E-state index in [0.29, 0.717) is 19.4 Å². The monoisotopic (exact) mass is 440 g/mol. The van der Waals surface area contributed by atoms with Gasteiger partial charge in [-0.2, -0.15) is 10.5 Å². The van der Waals surface area contributed by atoms with Gasteiger partial charge in [-0.1, -0.05) is 60.5 Å². The fraction of sp³-hybridized carbons (Fsp3) is 0.786. The molecule has 0 saturated carbocycles. The Labute approximate surface area is 199 Å². The van der Waals surface area contributed by atoms with E-state index >= 15 is 0 Å². The molecule has 0 amide bonds. The predicted molar refractivity (Wildman–Crippen MR) is 136 cm³/mol. The van der Waals surface area contributed by atoms with Gasteiger partial charge in [0, 0.05) is 11.7 Å². The third-order valence-electron chi connectivity index (χ3n) is 8.60. The zero-order valence-electron chi connectivity index (χ0n) is 22.3. The average Bonchev–Trinajstić information content (AvgIpc) is 2.68. The SMILES string of the molecule is C#CCNC(=C)CCC(C)(C#N)C(C)(C)CC(C)(CC(C)N)C(C)(C)C(C)(C#N)CCC. The smallest absolute Gasteiger partial charge is 0.0760 e. The summed E-state index contributed by atoms with van der Waals surface area (Å²) in [7, 11) is 0. The topological polar surface area (TPSA) is 85.6 Å². The summed E-state index contributed by atoms with van der Waals surface area (Å²) >= 11 is 0. The summed E-state index contributed by atoms with van der Waals surface area (Å²) in [6.45, 7) is 23.9. The van der Waals surface area contributed by atoms with Crippen molar-refractivity contribution < 1.29 is 0 Å². The van der Waals surface area contributed by atoms with Crippen molar-refractivity contribution in [2.45, 2.75) is 107 Å². The normalized spacial score (nSPS) is 18.6. The molecule has 4 nitrogen and oxygen atoms in total. The fourth-order valence-electron chi connectivity index (χ4n) is 5.31. The van der Waals surface area contributed by atoms with Crippen LogP contribution in [0.15, 0.2) is 12.3 Å². The van der Waals surface area contributed by atoms with Crippen LogP contribution in [0.5, 0.6) is 0 Å². The van der Waals surface area contributed by atoms with Crippen LogP contribution in [-0.2, 0) is 0 Å². The van der Waals surface area contributed by atoms with Crippen molar-refractivity contribution in [3.8, 4) is 24.5 Å². The molecule has 0 rings (SSSR count). The first-order chi connectivity index (χ1) is 14.5. The molecule has 0 heterocycles. The number of terminal acetylenes is 1. The summed E-state index contributed by atoms with van der Waals surface area (Å²) < 4.78 is 0. The molecule has 0 aromatic carbocycles. The number of hydrogen-bond acceptors (Lipinski definition) is 4. The largest absolute Gasteiger partial charge is 0.378 e. The maximum absolute atomic E-state index is 10.3. The van der Waals surface area contributed by atoms with Crippen molar-refractivity contribution >= 4 is 0 Å². The third-order valence-corrected chi connectivity index (χ3v) is 8.60. The molecule has 0 aromatic heterocycles. The van der Waals surface area contributed by atoms with Gasteiger partial charge in [-0.25, -0.2) is 0 Å². The predicted octanol–water partition coefficient (Wildman–Crippen LogP) is 6.55. The van der Waals surface area contributed by atoms with Crippen molar-refractivity contribution in [1.82, 2.24) is 5.32 Å². The quantitative estimate of drug-likeness (QED) is 0.300. The first-order valence-electron chi connectivity index (χ1n) is 11.9. The molecule has 0 bridgehead atoms. The van der Waals surface area contributed by atoms with Crippen molar-refractivity contribution in [3.05, 3.63) is 12.3 Å². The molecule has 3 N–H and O–H groups in total. The lowest BCUT2D eigenvalue weighted by molar-refractivity contribution is -0.0695. The van der Waals surface area contributed by atoms with Crippen LogP contribution in [0.3, 0.4) is 0 Å². The molecule has 4 unspecified atom stereocenters. The number of allylic oxidation sites excluding steroid dienone is 1. The average molecular weight is 441 g/mol. The number of nitriles is 2. The van der Waals surface area contributed by atoms with E-state index in [0.717, 1.165) is 31.4 Å². The highest BCUT2D eigenvalue weighted by molar-refractivity contribution is 5.14. The van der Waals surface area contributed by atoms with E-state index in [-0.39, 0.29) is 22.3 Å². The van der Waals surface area contributed by atoms with Crippen LogP contribution in [0.25, 0.3) is 0 Å². The molecule has 0 aliphatic heterocycles. The van der Waals surface area contributed by atoms with Gasteiger partial charge in [-0.15, -0.1) is 6.42 Å². The van der Waals surface area contributed by atoms with E-state index in [1.807, 2.05) is 6.92 Å². The highest BCUT2D eigenvalue weighted by atomic mass is 14.9. The van der Waals surface area contributed by atoms with Gasteiger partial charge in [0.25, 0.3) is 0 Å². The summed E-state index contributed by atoms with van der Waals surface area (Å²) in [6.07, 6.45) is 10.1. The standard InChI is InChI=1S/C28H48N4/c1-12-15-27(10,21-30)25(7,8)28(11,18-22(3)31)19-24(5,6)26(9,20-29)16-14-23(4)32-17-13-2/h2,22,32H,4,12,14-19,31H2,1,3,5-11H3. The molecule has 32 heavy (non-hydrogen) atoms. The minimum Gasteiger partial charge on any atom is -0.378 e. The van der Waals surface area contributed by atoms with Crippen LogP contribution in [0, 0.1) is 62.1 Å². The van der Waals surface area contributed by atoms with Crippen molar-refractivity contribution in [3.63, 3.8) is 0 Å². The van der Waals surface area contributed by atoms with Crippen LogP contribution in [-0.4, -0.2) is 12.6 Å². The van der Waals surface area contributed by atoms with Gasteiger partial charge in [-0.05, 0) is 69.1 Å². The van der Waals surface area contributed by atoms with Gasteiger partial charge < -0.3 is 11.1 Å². The number of nitrogens with zero attached hydrogens (tertiary/aromatic N) is 2. The molecule has 4 atom stereocenters. The Morgan fingerprint density at radius 2 is 1.56 bits per heavy atom. The first kappa shape index (κ1) is 30.0. The number of hydrogen-bond donors (Lipinski definition) is 2. The second-order valence-corrected chi connectivity index (χ2v) is 11.7. The molecule has 0 radical (unpaired) electrons. The minimum atomic E-state index is -0.573. The lowest BCUT2D eigenvalue weighted by Crippen LogP contribution is -2.52. The zero-order valence-corrected chi connectivity index (χ0v) is 22.3. The maximum atomic E-state index is 10.3. The summed E-state index contributed by atoms with van der Waals surface area (Å²) in [6, 6.07) is 5.29. The molecule has 180 valence electrons. The number of rotatable bonds is 14. The Morgan fingerprint density at radius 3 is 1.97 bits per heavy atom. The van der Waals surface area contributed by atoms with E-state index in [9.17, 15) is 10.5 Å². The summed E-state index contributed by atoms with van der Waals surface area (Å²) in [5, 5.41) is 23.6. The van der Waals surface area contributed by atoms with Gasteiger partial charge in [0.05, 0.1) is 29.5 Å². The highest BCUT2D eigenvalue weighted by Gasteiger charge is 2.56. The molecule has 0 saturated heterocycles. The Balaban J connectivity index is 6.18. The number of nitrogens with two attached hydrogens (primary N) is 1. The molecular weight excluding hydrogens is 392 g/mol. The van der Waals surface area contributed by atoms with Crippen LogP contribution in [0.1, 0.15) is 101 Å². The Kier molecular flexibility index (Phi) is 10.6. The summed E-state index contributed by atoms with van der Waals surface area (Å²) in [5.74, 6) is 2.56. The summed E-state index contributed by atoms with van der Waals surface area (Å²) in [4.78, 5) is 0. The molecule has 0 aliphatic carbocycles. The van der Waals surface area contributed by atoms with Crippen molar-refractivity contribution in [1.29, 1.82) is 10.5 Å². The van der Waals surface area contributed by atoms with Crippen LogP contribution < -0.4 is 11.1 Å². The Morgan fingerprint density at radius 1 is 1.03 bits per heavy atom. The van der Waals surface area contributed by atoms with Gasteiger partial charge in [-0.3, -0.25) is 0 Å². The van der Waals surface area contributed by atoms with Gasteiger partial charge >= 0.3 is 0 Å². The van der Waals surface area contributed by atoms with Crippen LogP contribution in [0.2, 0.25) is 0 Å². The molecule has 0 spiro atoms. The molecule has 0 fully saturated rings. The Bertz CT molecular complexity index is 758. The second-order valence-electron chi connectivity index (χ2n) is 11.7. The fourth-order valence-corrected chi connectivity index (χ4v) is 5.31. The lowest BCUT2D eigenvalue weighted by Gasteiger charge is -2.57. The minimum absolute atomic E-state index is 0.000673. The molecule has 0 aliphatic rings. The third kappa shape index (κ3) is 6.53. The van der Waals surface area contributed by atoms with E-state index in [2.05, 4.69) is 85.3 Å². The molecule has 0 aromatic rings. The van der Waals surface area contributed by atoms with Crippen LogP contribution in [0.4, 0.5) is 0 Å². The van der Waals surface area contributed by atoms with Crippen LogP contribution >= 0.6 is 0 Å². The van der Waals surface area contributed by atoms with Crippen molar-refractivity contribution in [2.24, 2.45) is 32.8 Å². The lowest BCUT2D eigenvalue weighted by atomic mass is 9.46. The second kappa shape index (κ2) is 11.3. The highest BCUT2D eigenvalue weighted by Crippen LogP contribution is 2.61. The number of nitrogens with one attached hydrogen (secondary N) is 1. The van der Waals surface area contributed by atoms with E-state index < -0.39 is 10.8 Å². The molecule has 4 heteroatoms. The van der Waals surface area contributed by atoms with Gasteiger partial charge in [0.15, 0.2) is 0 Å². The van der Waals surface area contributed by atoms with E-state index in [1.54, 1.807) is 0 Å². The van der Waals surface area contributed by atoms with E-state index in [1.165, 1.54) is 0 Å². The molecular formula is C28H48N4. The van der Waals surface area contributed by atoms with E-state index in [4.69, 9.17) is 12.2 Å². The summed E-state index contributed by atoms with van der Waals surface area (Å²) in [5.41, 5.74) is 5.31. The zero-order chi connectivity index (χ0) is 25.4. The van der Waals surface area contributed by atoms with Crippen molar-refractivity contribution in [2.75, 3.05) is 6.54 Å². The van der Waals surface area contributed by atoms with Gasteiger partial charge in [0.1, 0.15) is 0 Å². The maximum Gasteiger partial charge on any atom is 0.0760 e. The van der Waals surface area contributed by atoms with Gasteiger partial charge in [0.2, 0.25) is 0 Å². The first-order valence-corrected chi connectivity index (χ1v) is 11.9. The Hall–Kier alpha value is -1.96.